The third-order valence-corrected chi connectivity index (χ3v) is 6.46. The van der Waals surface area contributed by atoms with Crippen LogP contribution in [0.3, 0.4) is 0 Å². The highest BCUT2D eigenvalue weighted by Crippen LogP contribution is 2.35. The molecule has 0 amide bonds. The first-order valence-corrected chi connectivity index (χ1v) is 11.3. The summed E-state index contributed by atoms with van der Waals surface area (Å²) in [7, 11) is 0. The van der Waals surface area contributed by atoms with Gasteiger partial charge in [0.1, 0.15) is 5.15 Å². The van der Waals surface area contributed by atoms with Crippen LogP contribution >= 0.6 is 34.8 Å². The van der Waals surface area contributed by atoms with Gasteiger partial charge in [0.25, 0.3) is 0 Å². The molecule has 0 aliphatic rings. The quantitative estimate of drug-likeness (QED) is 0.233. The van der Waals surface area contributed by atoms with Crippen molar-refractivity contribution in [3.8, 4) is 11.5 Å². The number of hydrogen-bond acceptors (Lipinski definition) is 3. The van der Waals surface area contributed by atoms with Gasteiger partial charge in [0.15, 0.2) is 5.76 Å². The van der Waals surface area contributed by atoms with Gasteiger partial charge >= 0.3 is 0 Å². The number of aromatic nitrogens is 2. The average molecular weight is 496 g/mol. The maximum Gasteiger partial charge on any atom is 0.233 e. The van der Waals surface area contributed by atoms with Crippen molar-refractivity contribution in [2.75, 3.05) is 0 Å². The minimum atomic E-state index is -0.328. The predicted octanol–water partition coefficient (Wildman–Crippen LogP) is 7.84. The van der Waals surface area contributed by atoms with E-state index in [2.05, 4.69) is 4.98 Å². The number of carbonyl (C=O) groups is 1. The number of oxazole rings is 1. The smallest absolute Gasteiger partial charge is 0.233 e. The molecule has 0 radical (unpaired) electrons. The van der Waals surface area contributed by atoms with Crippen LogP contribution in [-0.4, -0.2) is 15.3 Å². The molecule has 0 N–H and O–H groups in total. The van der Waals surface area contributed by atoms with Crippen LogP contribution in [0.5, 0.6) is 0 Å². The van der Waals surface area contributed by atoms with E-state index in [0.717, 1.165) is 27.6 Å². The minimum absolute atomic E-state index is 0.126. The van der Waals surface area contributed by atoms with Gasteiger partial charge in [-0.05, 0) is 48.9 Å². The summed E-state index contributed by atoms with van der Waals surface area (Å²) in [5, 5.41) is 2.14. The van der Waals surface area contributed by atoms with Crippen molar-refractivity contribution in [1.29, 1.82) is 0 Å². The fraction of sp³-hybridized carbons (Fsp3) is 0.0769. The van der Waals surface area contributed by atoms with E-state index in [4.69, 9.17) is 39.2 Å². The number of ketones is 1. The molecule has 2 heterocycles. The summed E-state index contributed by atoms with van der Waals surface area (Å²) in [5.74, 6) is 0.176. The van der Waals surface area contributed by atoms with Crippen molar-refractivity contribution in [3.05, 3.63) is 111 Å². The molecule has 2 aromatic heterocycles. The largest absolute Gasteiger partial charge is 0.433 e. The van der Waals surface area contributed by atoms with Gasteiger partial charge in [-0.15, -0.1) is 0 Å². The number of benzene rings is 3. The van der Waals surface area contributed by atoms with Crippen LogP contribution in [0.1, 0.15) is 27.2 Å². The molecule has 0 fully saturated rings. The maximum absolute atomic E-state index is 13.5. The topological polar surface area (TPSA) is 48.0 Å². The van der Waals surface area contributed by atoms with E-state index >= 15 is 0 Å². The summed E-state index contributed by atoms with van der Waals surface area (Å²) in [4.78, 5) is 17.8. The van der Waals surface area contributed by atoms with Crippen LogP contribution in [0.2, 0.25) is 15.2 Å². The van der Waals surface area contributed by atoms with Crippen molar-refractivity contribution in [2.24, 2.45) is 0 Å². The van der Waals surface area contributed by atoms with Crippen LogP contribution in [0.15, 0.2) is 77.3 Å². The Morgan fingerprint density at radius 3 is 2.55 bits per heavy atom. The van der Waals surface area contributed by atoms with E-state index in [1.165, 1.54) is 6.20 Å². The van der Waals surface area contributed by atoms with Gasteiger partial charge in [-0.25, -0.2) is 4.98 Å². The van der Waals surface area contributed by atoms with Crippen molar-refractivity contribution in [3.63, 3.8) is 0 Å². The fourth-order valence-corrected chi connectivity index (χ4v) is 4.65. The molecular weight excluding hydrogens is 479 g/mol. The molecule has 0 unspecified atom stereocenters. The summed E-state index contributed by atoms with van der Waals surface area (Å²) in [6, 6.07) is 20.6. The lowest BCUT2D eigenvalue weighted by Gasteiger charge is -2.10. The predicted molar refractivity (Wildman–Crippen MR) is 133 cm³/mol. The van der Waals surface area contributed by atoms with Crippen LogP contribution in [0, 0.1) is 6.92 Å². The van der Waals surface area contributed by atoms with Gasteiger partial charge in [-0.3, -0.25) is 4.79 Å². The Balaban J connectivity index is 1.61. The summed E-state index contributed by atoms with van der Waals surface area (Å²) >= 11 is 19.3. The number of aryl methyl sites for hydroxylation is 1. The Labute approximate surface area is 205 Å². The van der Waals surface area contributed by atoms with E-state index in [1.54, 1.807) is 12.1 Å². The summed E-state index contributed by atoms with van der Waals surface area (Å²) in [5.41, 5.74) is 3.83. The molecule has 33 heavy (non-hydrogen) atoms. The first kappa shape index (κ1) is 21.8. The first-order chi connectivity index (χ1) is 15.9. The highest BCUT2D eigenvalue weighted by Gasteiger charge is 2.26. The highest BCUT2D eigenvalue weighted by atomic mass is 35.5. The molecule has 164 valence electrons. The lowest BCUT2D eigenvalue weighted by Crippen LogP contribution is -2.03. The van der Waals surface area contributed by atoms with Crippen LogP contribution in [0.4, 0.5) is 0 Å². The van der Waals surface area contributed by atoms with Gasteiger partial charge in [0, 0.05) is 21.0 Å². The molecule has 0 spiro atoms. The van der Waals surface area contributed by atoms with E-state index in [1.807, 2.05) is 66.1 Å². The summed E-state index contributed by atoms with van der Waals surface area (Å²) in [6.07, 6.45) is 1.44. The zero-order valence-electron chi connectivity index (χ0n) is 17.5. The molecule has 0 atom stereocenters. The monoisotopic (exact) mass is 494 g/mol. The Bertz CT molecular complexity index is 1500. The van der Waals surface area contributed by atoms with Gasteiger partial charge in [0.2, 0.25) is 11.7 Å². The number of carbonyl (C=O) groups excluding carboxylic acids is 1. The Kier molecular flexibility index (Phi) is 5.75. The van der Waals surface area contributed by atoms with E-state index in [0.29, 0.717) is 33.2 Å². The van der Waals surface area contributed by atoms with Gasteiger partial charge < -0.3 is 8.98 Å². The van der Waals surface area contributed by atoms with Crippen LogP contribution < -0.4 is 0 Å². The SMILES string of the molecule is Cc1ccc2c(c1)c(C(=O)c1cnc(-c3ccccc3)o1)c(Cl)n2Cc1ccc(Cl)cc1Cl. The molecule has 7 heteroatoms. The van der Waals surface area contributed by atoms with E-state index < -0.39 is 0 Å². The van der Waals surface area contributed by atoms with Gasteiger partial charge in [-0.2, -0.15) is 0 Å². The molecule has 5 rings (SSSR count). The maximum atomic E-state index is 13.5. The van der Waals surface area contributed by atoms with E-state index in [9.17, 15) is 4.79 Å². The fourth-order valence-electron chi connectivity index (χ4n) is 3.84. The molecule has 3 aromatic carbocycles. The van der Waals surface area contributed by atoms with E-state index in [-0.39, 0.29) is 11.5 Å². The summed E-state index contributed by atoms with van der Waals surface area (Å²) in [6.45, 7) is 2.35. The Hall–Kier alpha value is -3.05. The van der Waals surface area contributed by atoms with Gasteiger partial charge in [0.05, 0.1) is 23.8 Å². The zero-order valence-corrected chi connectivity index (χ0v) is 19.7. The third kappa shape index (κ3) is 4.06. The van der Waals surface area contributed by atoms with Crippen molar-refractivity contribution < 1.29 is 9.21 Å². The minimum Gasteiger partial charge on any atom is -0.433 e. The number of rotatable bonds is 5. The molecule has 0 saturated heterocycles. The number of fused-ring (bicyclic) bond motifs is 1. The van der Waals surface area contributed by atoms with Crippen LogP contribution in [-0.2, 0) is 6.54 Å². The van der Waals surface area contributed by atoms with Crippen LogP contribution in [0.25, 0.3) is 22.4 Å². The number of nitrogens with zero attached hydrogens (tertiary/aromatic N) is 2. The standard InChI is InChI=1S/C26H17Cl3N2O2/c1-15-7-10-21-19(11-15)23(25(29)31(21)14-17-8-9-18(27)12-20(17)28)24(32)22-13-30-26(33-22)16-5-3-2-4-6-16/h2-13H,14H2,1H3. The first-order valence-electron chi connectivity index (χ1n) is 10.2. The molecule has 4 nitrogen and oxygen atoms in total. The van der Waals surface area contributed by atoms with Crippen molar-refractivity contribution in [2.45, 2.75) is 13.5 Å². The lowest BCUT2D eigenvalue weighted by atomic mass is 10.1. The molecule has 5 aromatic rings. The Morgan fingerprint density at radius 1 is 1.00 bits per heavy atom. The molecule has 0 aliphatic heterocycles. The molecule has 0 aliphatic carbocycles. The summed E-state index contributed by atoms with van der Waals surface area (Å²) < 4.78 is 7.68. The molecular formula is C26H17Cl3N2O2. The highest BCUT2D eigenvalue weighted by molar-refractivity contribution is 6.37. The van der Waals surface area contributed by atoms with Crippen molar-refractivity contribution >= 4 is 51.5 Å². The number of hydrogen-bond donors (Lipinski definition) is 0. The third-order valence-electron chi connectivity index (χ3n) is 5.48. The second kappa shape index (κ2) is 8.71. The average Bonchev–Trinajstić information content (AvgIpc) is 3.39. The Morgan fingerprint density at radius 2 is 1.79 bits per heavy atom. The number of halogens is 3. The molecule has 0 saturated carbocycles. The second-order valence-corrected chi connectivity index (χ2v) is 8.93. The van der Waals surface area contributed by atoms with Crippen molar-refractivity contribution in [1.82, 2.24) is 9.55 Å². The zero-order chi connectivity index (χ0) is 23.1. The second-order valence-electron chi connectivity index (χ2n) is 7.73. The van der Waals surface area contributed by atoms with Gasteiger partial charge in [-0.1, -0.05) is 70.7 Å². The molecule has 0 bridgehead atoms. The normalized spacial score (nSPS) is 11.3. The lowest BCUT2D eigenvalue weighted by molar-refractivity contribution is 0.101.